The van der Waals surface area contributed by atoms with Gasteiger partial charge in [0.15, 0.2) is 5.82 Å². The molecular formula is C60H40N2. The second-order valence-electron chi connectivity index (χ2n) is 16.6. The van der Waals surface area contributed by atoms with Gasteiger partial charge in [0.25, 0.3) is 0 Å². The van der Waals surface area contributed by atoms with Crippen LogP contribution in [-0.2, 0) is 5.41 Å². The van der Waals surface area contributed by atoms with E-state index in [1.165, 1.54) is 76.8 Å². The number of fused-ring (bicyclic) bond motifs is 7. The van der Waals surface area contributed by atoms with E-state index < -0.39 is 0 Å². The molecule has 12 rings (SSSR count). The van der Waals surface area contributed by atoms with Crippen molar-refractivity contribution in [1.82, 2.24) is 9.97 Å². The molecule has 1 aromatic heterocycles. The van der Waals surface area contributed by atoms with Crippen LogP contribution in [0.1, 0.15) is 23.6 Å². The first-order valence-electron chi connectivity index (χ1n) is 21.4. The van der Waals surface area contributed by atoms with Crippen molar-refractivity contribution in [3.05, 3.63) is 241 Å². The summed E-state index contributed by atoms with van der Waals surface area (Å²) in [5.74, 6) is 0.697. The Kier molecular flexibility index (Phi) is 8.33. The van der Waals surface area contributed by atoms with Crippen LogP contribution < -0.4 is 0 Å². The summed E-state index contributed by atoms with van der Waals surface area (Å²) in [6.45, 7) is 2.38. The second kappa shape index (κ2) is 14.4. The smallest absolute Gasteiger partial charge is 0.160 e. The SMILES string of the molecule is CC1(c2ccccc2)c2ccccc2-c2cccc(-c3cc(-c4ccc(-c5c6ccccc6cc6c5ccc5ccccc56)cc4)nc(-c4ccc(-c5ccccc5)cc4)n3)c21. The van der Waals surface area contributed by atoms with Crippen molar-refractivity contribution in [2.75, 3.05) is 0 Å². The van der Waals surface area contributed by atoms with Crippen LogP contribution in [0.15, 0.2) is 224 Å². The van der Waals surface area contributed by atoms with Gasteiger partial charge in [-0.25, -0.2) is 9.97 Å². The molecule has 0 amide bonds. The number of hydrogen-bond donors (Lipinski definition) is 0. The summed E-state index contributed by atoms with van der Waals surface area (Å²) in [5, 5.41) is 7.52. The van der Waals surface area contributed by atoms with Crippen molar-refractivity contribution >= 4 is 32.3 Å². The van der Waals surface area contributed by atoms with Crippen LogP contribution in [0.3, 0.4) is 0 Å². The third-order valence-electron chi connectivity index (χ3n) is 13.2. The van der Waals surface area contributed by atoms with Crippen LogP contribution in [0, 0.1) is 0 Å². The van der Waals surface area contributed by atoms with Crippen LogP contribution in [0.2, 0.25) is 0 Å². The van der Waals surface area contributed by atoms with E-state index >= 15 is 0 Å². The van der Waals surface area contributed by atoms with E-state index in [0.29, 0.717) is 5.82 Å². The molecular weight excluding hydrogens is 749 g/mol. The van der Waals surface area contributed by atoms with E-state index in [9.17, 15) is 0 Å². The molecule has 0 radical (unpaired) electrons. The lowest BCUT2D eigenvalue weighted by Crippen LogP contribution is -2.23. The highest BCUT2D eigenvalue weighted by atomic mass is 14.9. The summed E-state index contributed by atoms with van der Waals surface area (Å²) in [6.07, 6.45) is 0. The molecule has 0 N–H and O–H groups in total. The molecule has 1 aliphatic carbocycles. The Hall–Kier alpha value is -7.94. The van der Waals surface area contributed by atoms with Crippen LogP contribution in [0.4, 0.5) is 0 Å². The zero-order valence-corrected chi connectivity index (χ0v) is 34.3. The summed E-state index contributed by atoms with van der Waals surface area (Å²) < 4.78 is 0. The molecule has 2 heteroatoms. The quantitative estimate of drug-likeness (QED) is 0.124. The molecule has 0 saturated carbocycles. The first kappa shape index (κ1) is 36.0. The summed E-state index contributed by atoms with van der Waals surface area (Å²) in [5.41, 5.74) is 15.6. The van der Waals surface area contributed by atoms with Crippen molar-refractivity contribution in [2.24, 2.45) is 0 Å². The normalized spacial score (nSPS) is 14.3. The Morgan fingerprint density at radius 2 is 0.919 bits per heavy atom. The van der Waals surface area contributed by atoms with E-state index in [0.717, 1.165) is 33.6 Å². The Labute approximate surface area is 361 Å². The van der Waals surface area contributed by atoms with Crippen LogP contribution in [-0.4, -0.2) is 9.97 Å². The van der Waals surface area contributed by atoms with E-state index in [2.05, 4.69) is 231 Å². The minimum atomic E-state index is -0.388. The lowest BCUT2D eigenvalue weighted by molar-refractivity contribution is 0.715. The summed E-state index contributed by atoms with van der Waals surface area (Å²) in [4.78, 5) is 10.8. The highest BCUT2D eigenvalue weighted by molar-refractivity contribution is 6.20. The zero-order valence-electron chi connectivity index (χ0n) is 34.3. The number of rotatable bonds is 6. The number of benzene rings is 10. The average molecular weight is 789 g/mol. The van der Waals surface area contributed by atoms with Crippen molar-refractivity contribution in [3.8, 4) is 67.3 Å². The molecule has 1 aliphatic rings. The van der Waals surface area contributed by atoms with Crippen molar-refractivity contribution in [2.45, 2.75) is 12.3 Å². The molecule has 0 fully saturated rings. The number of aromatic nitrogens is 2. The molecule has 0 spiro atoms. The predicted octanol–water partition coefficient (Wildman–Crippen LogP) is 15.6. The molecule has 62 heavy (non-hydrogen) atoms. The first-order valence-corrected chi connectivity index (χ1v) is 21.4. The second-order valence-corrected chi connectivity index (χ2v) is 16.6. The van der Waals surface area contributed by atoms with Gasteiger partial charge in [0.1, 0.15) is 0 Å². The predicted molar refractivity (Wildman–Crippen MR) is 259 cm³/mol. The number of hydrogen-bond acceptors (Lipinski definition) is 2. The third-order valence-corrected chi connectivity index (χ3v) is 13.2. The molecule has 0 saturated heterocycles. The zero-order chi connectivity index (χ0) is 41.2. The summed E-state index contributed by atoms with van der Waals surface area (Å²) >= 11 is 0. The molecule has 0 aliphatic heterocycles. The summed E-state index contributed by atoms with van der Waals surface area (Å²) in [7, 11) is 0. The van der Waals surface area contributed by atoms with Gasteiger partial charge in [0, 0.05) is 22.1 Å². The monoisotopic (exact) mass is 788 g/mol. The van der Waals surface area contributed by atoms with Gasteiger partial charge in [-0.15, -0.1) is 0 Å². The molecule has 1 heterocycles. The maximum absolute atomic E-state index is 5.45. The van der Waals surface area contributed by atoms with Crippen LogP contribution >= 0.6 is 0 Å². The standard InChI is InChI=1S/C60H40N2/c1-60(46-19-6-3-7-20-46)54-26-13-12-23-49(54)51-24-14-25-52(58(51)60)56-38-55(61-59(62-56)44-33-27-40(28-34-44)39-15-4-2-5-16-39)42-29-31-43(32-30-42)57-48-22-11-9-18-45(48)37-53-47-21-10-8-17-41(47)35-36-50(53)57/h2-38H,1H3. The van der Waals surface area contributed by atoms with Crippen molar-refractivity contribution in [3.63, 3.8) is 0 Å². The molecule has 11 aromatic rings. The van der Waals surface area contributed by atoms with E-state index in [4.69, 9.17) is 9.97 Å². The molecule has 2 nitrogen and oxygen atoms in total. The van der Waals surface area contributed by atoms with E-state index in [1.807, 2.05) is 0 Å². The topological polar surface area (TPSA) is 25.8 Å². The molecule has 0 bridgehead atoms. The van der Waals surface area contributed by atoms with Gasteiger partial charge >= 0.3 is 0 Å². The third kappa shape index (κ3) is 5.72. The van der Waals surface area contributed by atoms with Gasteiger partial charge in [0.2, 0.25) is 0 Å². The minimum absolute atomic E-state index is 0.388. The van der Waals surface area contributed by atoms with E-state index in [1.54, 1.807) is 0 Å². The highest BCUT2D eigenvalue weighted by Gasteiger charge is 2.42. The summed E-state index contributed by atoms with van der Waals surface area (Å²) in [6, 6.07) is 81.2. The van der Waals surface area contributed by atoms with Gasteiger partial charge < -0.3 is 0 Å². The maximum Gasteiger partial charge on any atom is 0.160 e. The Balaban J connectivity index is 1.04. The highest BCUT2D eigenvalue weighted by Crippen LogP contribution is 2.55. The lowest BCUT2D eigenvalue weighted by Gasteiger charge is -2.30. The van der Waals surface area contributed by atoms with Gasteiger partial charge in [-0.2, -0.15) is 0 Å². The van der Waals surface area contributed by atoms with Crippen LogP contribution in [0.5, 0.6) is 0 Å². The molecule has 1 unspecified atom stereocenters. The van der Waals surface area contributed by atoms with Crippen molar-refractivity contribution in [1.29, 1.82) is 0 Å². The largest absolute Gasteiger partial charge is 0.228 e. The van der Waals surface area contributed by atoms with Gasteiger partial charge in [-0.3, -0.25) is 0 Å². The Morgan fingerprint density at radius 1 is 0.339 bits per heavy atom. The molecule has 10 aromatic carbocycles. The first-order chi connectivity index (χ1) is 30.6. The number of nitrogens with zero attached hydrogens (tertiary/aromatic N) is 2. The fourth-order valence-corrected chi connectivity index (χ4v) is 10.1. The Morgan fingerprint density at radius 3 is 1.73 bits per heavy atom. The fourth-order valence-electron chi connectivity index (χ4n) is 10.1. The molecule has 290 valence electrons. The van der Waals surface area contributed by atoms with Crippen molar-refractivity contribution < 1.29 is 0 Å². The van der Waals surface area contributed by atoms with E-state index in [-0.39, 0.29) is 5.41 Å². The van der Waals surface area contributed by atoms with Crippen LogP contribution in [0.25, 0.3) is 99.6 Å². The van der Waals surface area contributed by atoms with Gasteiger partial charge in [0.05, 0.1) is 11.4 Å². The molecule has 1 atom stereocenters. The van der Waals surface area contributed by atoms with Gasteiger partial charge in [-0.1, -0.05) is 212 Å². The minimum Gasteiger partial charge on any atom is -0.228 e. The van der Waals surface area contributed by atoms with Gasteiger partial charge in [-0.05, 0) is 101 Å². The average Bonchev–Trinajstić information content (AvgIpc) is 3.62. The Bertz CT molecular complexity index is 3500. The maximum atomic E-state index is 5.45. The fraction of sp³-hybridized carbons (Fsp3) is 0.0333. The lowest BCUT2D eigenvalue weighted by atomic mass is 9.72.